The van der Waals surface area contributed by atoms with Crippen molar-refractivity contribution in [2.75, 3.05) is 11.9 Å². The Morgan fingerprint density at radius 1 is 1.32 bits per heavy atom. The lowest BCUT2D eigenvalue weighted by molar-refractivity contribution is -0.135. The van der Waals surface area contributed by atoms with Crippen LogP contribution in [0.2, 0.25) is 0 Å². The molecule has 9 heteroatoms. The maximum Gasteiger partial charge on any atom is 0.322 e. The molecule has 0 aliphatic heterocycles. The van der Waals surface area contributed by atoms with Gasteiger partial charge in [0.2, 0.25) is 0 Å². The molecule has 0 bridgehead atoms. The lowest BCUT2D eigenvalue weighted by Gasteiger charge is -2.06. The number of carboxylic acids is 1. The normalized spacial score (nSPS) is 8.42. The first kappa shape index (κ1) is 19.4. The highest BCUT2D eigenvalue weighted by molar-refractivity contribution is 5.98. The number of carbonyl (C=O) groups excluding carboxylic acids is 1. The Hall–Kier alpha value is -1.99. The number of benzene rings is 1. The SMILES string of the molecule is Cl.Cl.N=C(N)Nc1cccc(C(=O)NCC(=O)O)c1. The molecule has 6 N–H and O–H groups in total. The highest BCUT2D eigenvalue weighted by Crippen LogP contribution is 2.09. The number of aliphatic carboxylic acids is 1. The molecule has 0 fully saturated rings. The lowest BCUT2D eigenvalue weighted by atomic mass is 10.2. The Bertz CT molecular complexity index is 468. The van der Waals surface area contributed by atoms with Gasteiger partial charge in [0, 0.05) is 11.3 Å². The van der Waals surface area contributed by atoms with E-state index in [1.807, 2.05) is 0 Å². The molecule has 0 heterocycles. The van der Waals surface area contributed by atoms with Crippen LogP contribution in [0.4, 0.5) is 5.69 Å². The number of amides is 1. The number of nitrogens with two attached hydrogens (primary N) is 1. The van der Waals surface area contributed by atoms with Crippen LogP contribution in [0.1, 0.15) is 10.4 Å². The van der Waals surface area contributed by atoms with Crippen molar-refractivity contribution in [2.24, 2.45) is 5.73 Å². The van der Waals surface area contributed by atoms with Crippen molar-refractivity contribution in [3.05, 3.63) is 29.8 Å². The second-order valence-corrected chi connectivity index (χ2v) is 3.20. The summed E-state index contributed by atoms with van der Waals surface area (Å²) in [6, 6.07) is 6.23. The molecule has 0 spiro atoms. The fourth-order valence-corrected chi connectivity index (χ4v) is 1.15. The van der Waals surface area contributed by atoms with Crippen LogP contribution >= 0.6 is 24.8 Å². The zero-order chi connectivity index (χ0) is 12.8. The molecular formula is C10H14Cl2N4O3. The Morgan fingerprint density at radius 2 is 1.95 bits per heavy atom. The van der Waals surface area contributed by atoms with Crippen molar-refractivity contribution >= 4 is 48.3 Å². The number of rotatable bonds is 4. The van der Waals surface area contributed by atoms with Gasteiger partial charge in [0.05, 0.1) is 0 Å². The molecule has 0 radical (unpaired) electrons. The number of guanidine groups is 1. The highest BCUT2D eigenvalue weighted by atomic mass is 35.5. The first-order valence-electron chi connectivity index (χ1n) is 4.70. The highest BCUT2D eigenvalue weighted by Gasteiger charge is 2.07. The summed E-state index contributed by atoms with van der Waals surface area (Å²) in [5.41, 5.74) is 5.92. The monoisotopic (exact) mass is 308 g/mol. The zero-order valence-corrected chi connectivity index (χ0v) is 11.3. The van der Waals surface area contributed by atoms with Gasteiger partial charge < -0.3 is 21.5 Å². The topological polar surface area (TPSA) is 128 Å². The molecule has 1 aromatic carbocycles. The molecule has 1 amide bonds. The minimum atomic E-state index is -1.11. The van der Waals surface area contributed by atoms with Gasteiger partial charge in [-0.05, 0) is 18.2 Å². The smallest absolute Gasteiger partial charge is 0.322 e. The van der Waals surface area contributed by atoms with Gasteiger partial charge in [0.1, 0.15) is 6.54 Å². The first-order chi connectivity index (χ1) is 7.99. The quantitative estimate of drug-likeness (QED) is 0.412. The van der Waals surface area contributed by atoms with E-state index in [1.54, 1.807) is 12.1 Å². The second kappa shape index (κ2) is 9.01. The van der Waals surface area contributed by atoms with Gasteiger partial charge in [0.15, 0.2) is 5.96 Å². The molecule has 19 heavy (non-hydrogen) atoms. The third kappa shape index (κ3) is 7.12. The number of nitrogens with one attached hydrogen (secondary N) is 3. The summed E-state index contributed by atoms with van der Waals surface area (Å²) in [4.78, 5) is 21.8. The van der Waals surface area contributed by atoms with E-state index in [2.05, 4.69) is 10.6 Å². The van der Waals surface area contributed by atoms with Crippen LogP contribution in [0.25, 0.3) is 0 Å². The third-order valence-electron chi connectivity index (χ3n) is 1.80. The van der Waals surface area contributed by atoms with Crippen LogP contribution in [0.15, 0.2) is 24.3 Å². The summed E-state index contributed by atoms with van der Waals surface area (Å²) >= 11 is 0. The number of hydrogen-bond acceptors (Lipinski definition) is 3. The van der Waals surface area contributed by atoms with Crippen LogP contribution in [0, 0.1) is 5.41 Å². The third-order valence-corrected chi connectivity index (χ3v) is 1.80. The molecule has 0 saturated carbocycles. The predicted octanol–water partition coefficient (Wildman–Crippen LogP) is 0.650. The second-order valence-electron chi connectivity index (χ2n) is 3.20. The van der Waals surface area contributed by atoms with Gasteiger partial charge in [-0.25, -0.2) is 0 Å². The van der Waals surface area contributed by atoms with Crippen LogP contribution in [-0.2, 0) is 4.79 Å². The van der Waals surface area contributed by atoms with Crippen molar-refractivity contribution in [1.82, 2.24) is 5.32 Å². The summed E-state index contributed by atoms with van der Waals surface area (Å²) < 4.78 is 0. The molecular weight excluding hydrogens is 295 g/mol. The van der Waals surface area contributed by atoms with E-state index in [4.69, 9.17) is 16.2 Å². The molecule has 0 saturated heterocycles. The Labute approximate surface area is 121 Å². The Kier molecular flexibility index (Phi) is 9.18. The molecule has 0 aromatic heterocycles. The molecule has 0 aliphatic rings. The van der Waals surface area contributed by atoms with Crippen molar-refractivity contribution in [1.29, 1.82) is 5.41 Å². The van der Waals surface area contributed by atoms with E-state index in [0.717, 1.165) is 0 Å². The molecule has 1 aromatic rings. The number of carboxylic acid groups (broad SMARTS) is 1. The van der Waals surface area contributed by atoms with Crippen LogP contribution in [-0.4, -0.2) is 29.5 Å². The van der Waals surface area contributed by atoms with Crippen molar-refractivity contribution < 1.29 is 14.7 Å². The predicted molar refractivity (Wildman–Crippen MR) is 76.4 cm³/mol. The summed E-state index contributed by atoms with van der Waals surface area (Å²) in [7, 11) is 0. The Morgan fingerprint density at radius 3 is 2.47 bits per heavy atom. The van der Waals surface area contributed by atoms with Gasteiger partial charge in [-0.1, -0.05) is 6.07 Å². The molecule has 7 nitrogen and oxygen atoms in total. The average molecular weight is 309 g/mol. The van der Waals surface area contributed by atoms with E-state index in [9.17, 15) is 9.59 Å². The minimum absolute atomic E-state index is 0. The fourth-order valence-electron chi connectivity index (χ4n) is 1.15. The number of carbonyl (C=O) groups is 2. The van der Waals surface area contributed by atoms with Gasteiger partial charge in [0.25, 0.3) is 5.91 Å². The largest absolute Gasteiger partial charge is 0.480 e. The zero-order valence-electron chi connectivity index (χ0n) is 9.67. The summed E-state index contributed by atoms with van der Waals surface area (Å²) in [6.45, 7) is -0.441. The molecule has 0 aliphatic carbocycles. The van der Waals surface area contributed by atoms with Gasteiger partial charge in [-0.15, -0.1) is 24.8 Å². The molecule has 0 atom stereocenters. The van der Waals surface area contributed by atoms with E-state index in [-0.39, 0.29) is 36.3 Å². The number of hydrogen-bond donors (Lipinski definition) is 5. The maximum atomic E-state index is 11.5. The van der Waals surface area contributed by atoms with Crippen molar-refractivity contribution in [2.45, 2.75) is 0 Å². The molecule has 106 valence electrons. The summed E-state index contributed by atoms with van der Waals surface area (Å²) in [6.07, 6.45) is 0. The van der Waals surface area contributed by atoms with Crippen molar-refractivity contribution in [3.8, 4) is 0 Å². The van der Waals surface area contributed by atoms with Crippen LogP contribution in [0.3, 0.4) is 0 Å². The van der Waals surface area contributed by atoms with Crippen LogP contribution in [0.5, 0.6) is 0 Å². The average Bonchev–Trinajstić information content (AvgIpc) is 2.25. The van der Waals surface area contributed by atoms with E-state index in [1.165, 1.54) is 12.1 Å². The van der Waals surface area contributed by atoms with Gasteiger partial charge >= 0.3 is 5.97 Å². The van der Waals surface area contributed by atoms with E-state index in [0.29, 0.717) is 5.69 Å². The summed E-state index contributed by atoms with van der Waals surface area (Å²) in [5.74, 6) is -1.86. The van der Waals surface area contributed by atoms with Crippen LogP contribution < -0.4 is 16.4 Å². The lowest BCUT2D eigenvalue weighted by Crippen LogP contribution is -2.29. The van der Waals surface area contributed by atoms with E-state index < -0.39 is 18.4 Å². The fraction of sp³-hybridized carbons (Fsp3) is 0.100. The standard InChI is InChI=1S/C10H12N4O3.2ClH/c11-10(12)14-7-3-1-2-6(4-7)9(17)13-5-8(15)16;;/h1-4H,5H2,(H,13,17)(H,15,16)(H4,11,12,14);2*1H. The molecule has 1 rings (SSSR count). The minimum Gasteiger partial charge on any atom is -0.480 e. The number of anilines is 1. The van der Waals surface area contributed by atoms with E-state index >= 15 is 0 Å². The Balaban J connectivity index is 0. The van der Waals surface area contributed by atoms with Crippen molar-refractivity contribution in [3.63, 3.8) is 0 Å². The molecule has 0 unspecified atom stereocenters. The summed E-state index contributed by atoms with van der Waals surface area (Å²) in [5, 5.41) is 20.2. The van der Waals surface area contributed by atoms with Gasteiger partial charge in [-0.3, -0.25) is 15.0 Å². The maximum absolute atomic E-state index is 11.5. The van der Waals surface area contributed by atoms with Gasteiger partial charge in [-0.2, -0.15) is 0 Å². The first-order valence-corrected chi connectivity index (χ1v) is 4.70. The number of halogens is 2.